The quantitative estimate of drug-likeness (QED) is 0.704. The van der Waals surface area contributed by atoms with Gasteiger partial charge in [-0.1, -0.05) is 6.92 Å². The minimum absolute atomic E-state index is 0.0582. The zero-order valence-electron chi connectivity index (χ0n) is 10.3. The number of amides is 1. The Hall–Kier alpha value is -1.43. The van der Waals surface area contributed by atoms with Crippen LogP contribution in [-0.4, -0.2) is 35.0 Å². The summed E-state index contributed by atoms with van der Waals surface area (Å²) in [6.45, 7) is 2.47. The molecule has 0 aliphatic heterocycles. The first-order chi connectivity index (χ1) is 8.65. The van der Waals surface area contributed by atoms with E-state index < -0.39 is 5.97 Å². The maximum atomic E-state index is 11.8. The number of carbonyl (C=O) groups excluding carboxylic acids is 1. The van der Waals surface area contributed by atoms with Gasteiger partial charge in [-0.25, -0.2) is 0 Å². The highest BCUT2D eigenvalue weighted by Crippen LogP contribution is 2.12. The fourth-order valence-electron chi connectivity index (χ4n) is 1.46. The number of nitrogens with one attached hydrogen (secondary N) is 1. The zero-order valence-corrected chi connectivity index (χ0v) is 11.1. The van der Waals surface area contributed by atoms with Gasteiger partial charge in [-0.05, 0) is 12.5 Å². The first kappa shape index (κ1) is 14.6. The van der Waals surface area contributed by atoms with E-state index in [0.29, 0.717) is 23.6 Å². The van der Waals surface area contributed by atoms with Crippen molar-refractivity contribution in [1.29, 1.82) is 0 Å². The van der Waals surface area contributed by atoms with Gasteiger partial charge in [0.2, 0.25) is 0 Å². The van der Waals surface area contributed by atoms with Crippen LogP contribution >= 0.6 is 11.8 Å². The van der Waals surface area contributed by atoms with Gasteiger partial charge in [0.05, 0.1) is 17.6 Å². The van der Waals surface area contributed by atoms with Gasteiger partial charge in [0, 0.05) is 18.7 Å². The summed E-state index contributed by atoms with van der Waals surface area (Å²) in [7, 11) is 0. The summed E-state index contributed by atoms with van der Waals surface area (Å²) in [5.41, 5.74) is 0.570. The lowest BCUT2D eigenvalue weighted by Gasteiger charge is -2.04. The lowest BCUT2D eigenvalue weighted by molar-refractivity contribution is -0.133. The summed E-state index contributed by atoms with van der Waals surface area (Å²) < 4.78 is 5.24. The monoisotopic (exact) mass is 271 g/mol. The molecule has 100 valence electrons. The lowest BCUT2D eigenvalue weighted by Crippen LogP contribution is -2.26. The highest BCUT2D eigenvalue weighted by molar-refractivity contribution is 7.99. The summed E-state index contributed by atoms with van der Waals surface area (Å²) >= 11 is 1.28. The maximum Gasteiger partial charge on any atom is 0.313 e. The Morgan fingerprint density at radius 3 is 2.94 bits per heavy atom. The van der Waals surface area contributed by atoms with E-state index in [4.69, 9.17) is 9.52 Å². The molecule has 0 unspecified atom stereocenters. The lowest BCUT2D eigenvalue weighted by atomic mass is 10.1. The first-order valence-corrected chi connectivity index (χ1v) is 6.94. The number of carboxylic acids is 1. The van der Waals surface area contributed by atoms with E-state index >= 15 is 0 Å². The highest BCUT2D eigenvalue weighted by Gasteiger charge is 2.13. The molecule has 0 aliphatic carbocycles. The van der Waals surface area contributed by atoms with E-state index in [1.165, 1.54) is 18.0 Å². The summed E-state index contributed by atoms with van der Waals surface area (Å²) in [6, 6.07) is 1.66. The van der Waals surface area contributed by atoms with Crippen molar-refractivity contribution in [3.63, 3.8) is 0 Å². The maximum absolute atomic E-state index is 11.8. The van der Waals surface area contributed by atoms with E-state index in [1.54, 1.807) is 6.07 Å². The molecule has 6 heteroatoms. The largest absolute Gasteiger partial charge is 0.481 e. The van der Waals surface area contributed by atoms with Crippen LogP contribution in [0.4, 0.5) is 0 Å². The number of hydrogen-bond donors (Lipinski definition) is 2. The van der Waals surface area contributed by atoms with E-state index in [1.807, 2.05) is 6.92 Å². The first-order valence-electron chi connectivity index (χ1n) is 5.79. The molecule has 5 nitrogen and oxygen atoms in total. The summed E-state index contributed by atoms with van der Waals surface area (Å²) in [5.74, 6) is 0.337. The van der Waals surface area contributed by atoms with Gasteiger partial charge in [0.25, 0.3) is 5.91 Å². The van der Waals surface area contributed by atoms with Gasteiger partial charge in [-0.2, -0.15) is 0 Å². The van der Waals surface area contributed by atoms with E-state index in [0.717, 1.165) is 12.8 Å². The average Bonchev–Trinajstić information content (AvgIpc) is 2.77. The van der Waals surface area contributed by atoms with Crippen LogP contribution in [0.1, 0.15) is 29.5 Å². The summed E-state index contributed by atoms with van der Waals surface area (Å²) in [4.78, 5) is 22.1. The molecule has 0 aliphatic rings. The van der Waals surface area contributed by atoms with E-state index in [2.05, 4.69) is 5.32 Å². The van der Waals surface area contributed by atoms with Crippen LogP contribution in [0, 0.1) is 0 Å². The molecule has 1 heterocycles. The molecule has 1 aromatic heterocycles. The minimum Gasteiger partial charge on any atom is -0.481 e. The number of aliphatic carboxylic acids is 1. The Labute approximate surface area is 110 Å². The molecule has 0 saturated carbocycles. The number of thioether (sulfide) groups is 1. The molecule has 2 N–H and O–H groups in total. The Bertz CT molecular complexity index is 403. The van der Waals surface area contributed by atoms with Crippen LogP contribution in [0.5, 0.6) is 0 Å². The fraction of sp³-hybridized carbons (Fsp3) is 0.500. The van der Waals surface area contributed by atoms with Crippen molar-refractivity contribution >= 4 is 23.6 Å². The number of carbonyl (C=O) groups is 2. The van der Waals surface area contributed by atoms with Crippen molar-refractivity contribution in [2.75, 3.05) is 18.1 Å². The van der Waals surface area contributed by atoms with Gasteiger partial charge in [0.15, 0.2) is 0 Å². The summed E-state index contributed by atoms with van der Waals surface area (Å²) in [6.07, 6.45) is 3.17. The van der Waals surface area contributed by atoms with Crippen LogP contribution in [-0.2, 0) is 11.2 Å². The molecule has 0 aromatic carbocycles. The molecule has 0 bridgehead atoms. The van der Waals surface area contributed by atoms with Crippen molar-refractivity contribution in [3.8, 4) is 0 Å². The summed E-state index contributed by atoms with van der Waals surface area (Å²) in [5, 5.41) is 11.2. The van der Waals surface area contributed by atoms with Gasteiger partial charge >= 0.3 is 5.97 Å². The predicted molar refractivity (Wildman–Crippen MR) is 70.0 cm³/mol. The molecule has 18 heavy (non-hydrogen) atoms. The van der Waals surface area contributed by atoms with Crippen molar-refractivity contribution in [1.82, 2.24) is 5.32 Å². The predicted octanol–water partition coefficient (Wildman–Crippen LogP) is 1.78. The molecule has 1 amide bonds. The molecule has 0 atom stereocenters. The Morgan fingerprint density at radius 1 is 1.50 bits per heavy atom. The van der Waals surface area contributed by atoms with Gasteiger partial charge in [-0.15, -0.1) is 11.8 Å². The van der Waals surface area contributed by atoms with E-state index in [9.17, 15) is 9.59 Å². The van der Waals surface area contributed by atoms with Crippen LogP contribution in [0.3, 0.4) is 0 Å². The molecule has 1 aromatic rings. The van der Waals surface area contributed by atoms with Crippen molar-refractivity contribution in [3.05, 3.63) is 23.7 Å². The van der Waals surface area contributed by atoms with Gasteiger partial charge < -0.3 is 14.8 Å². The van der Waals surface area contributed by atoms with Crippen LogP contribution in [0.2, 0.25) is 0 Å². The number of hydrogen-bond acceptors (Lipinski definition) is 4. The minimum atomic E-state index is -0.841. The second kappa shape index (κ2) is 7.81. The molecular weight excluding hydrogens is 254 g/mol. The molecule has 0 saturated heterocycles. The smallest absolute Gasteiger partial charge is 0.313 e. The SMILES string of the molecule is CCCc1occc1C(=O)NCCSCC(=O)O. The Balaban J connectivity index is 2.31. The van der Waals surface area contributed by atoms with Crippen LogP contribution < -0.4 is 5.32 Å². The molecule has 0 radical (unpaired) electrons. The topological polar surface area (TPSA) is 79.5 Å². The van der Waals surface area contributed by atoms with Crippen LogP contribution in [0.15, 0.2) is 16.7 Å². The fourth-order valence-corrected chi connectivity index (χ4v) is 2.02. The molecular formula is C12H17NO4S. The Morgan fingerprint density at radius 2 is 2.28 bits per heavy atom. The van der Waals surface area contributed by atoms with Crippen molar-refractivity contribution in [2.45, 2.75) is 19.8 Å². The van der Waals surface area contributed by atoms with Crippen LogP contribution in [0.25, 0.3) is 0 Å². The third kappa shape index (κ3) is 4.83. The third-order valence-electron chi connectivity index (χ3n) is 2.22. The number of rotatable bonds is 8. The van der Waals surface area contributed by atoms with Crippen molar-refractivity contribution in [2.24, 2.45) is 0 Å². The zero-order chi connectivity index (χ0) is 13.4. The second-order valence-electron chi connectivity index (χ2n) is 3.71. The van der Waals surface area contributed by atoms with Gasteiger partial charge in [0.1, 0.15) is 5.76 Å². The van der Waals surface area contributed by atoms with E-state index in [-0.39, 0.29) is 11.7 Å². The average molecular weight is 271 g/mol. The van der Waals surface area contributed by atoms with Gasteiger partial charge in [-0.3, -0.25) is 9.59 Å². The highest BCUT2D eigenvalue weighted by atomic mass is 32.2. The standard InChI is InChI=1S/C12H17NO4S/c1-2-3-10-9(4-6-17-10)12(16)13-5-7-18-8-11(14)15/h4,6H,2-3,5,7-8H2,1H3,(H,13,16)(H,14,15). The van der Waals surface area contributed by atoms with Crippen molar-refractivity contribution < 1.29 is 19.1 Å². The molecule has 0 spiro atoms. The number of furan rings is 1. The number of carboxylic acid groups (broad SMARTS) is 1. The Kier molecular flexibility index (Phi) is 6.35. The second-order valence-corrected chi connectivity index (χ2v) is 4.81. The number of aryl methyl sites for hydroxylation is 1. The normalized spacial score (nSPS) is 10.3. The molecule has 0 fully saturated rings. The third-order valence-corrected chi connectivity index (χ3v) is 3.17. The molecule has 1 rings (SSSR count).